The number of amides is 1. The van der Waals surface area contributed by atoms with E-state index in [9.17, 15) is 9.18 Å². The second-order valence-electron chi connectivity index (χ2n) is 4.22. The molecule has 0 heterocycles. The number of nitrogens with one attached hydrogen (secondary N) is 1. The van der Waals surface area contributed by atoms with Crippen LogP contribution in [0.25, 0.3) is 6.08 Å². The van der Waals surface area contributed by atoms with Crippen LogP contribution in [-0.4, -0.2) is 13.0 Å². The quantitative estimate of drug-likeness (QED) is 0.862. The number of rotatable bonds is 4. The second kappa shape index (κ2) is 6.90. The fourth-order valence-electron chi connectivity index (χ4n) is 1.68. The molecule has 108 valence electrons. The van der Waals surface area contributed by atoms with Gasteiger partial charge in [0.05, 0.1) is 7.11 Å². The van der Waals surface area contributed by atoms with E-state index in [1.54, 1.807) is 30.3 Å². The Balaban J connectivity index is 2.01. The molecule has 2 rings (SSSR count). The summed E-state index contributed by atoms with van der Waals surface area (Å²) in [5.74, 6) is -0.621. The summed E-state index contributed by atoms with van der Waals surface area (Å²) >= 11 is 5.76. The van der Waals surface area contributed by atoms with Crippen LogP contribution in [0.1, 0.15) is 5.56 Å². The van der Waals surface area contributed by atoms with Crippen LogP contribution in [0.5, 0.6) is 5.75 Å². The highest BCUT2D eigenvalue weighted by Crippen LogP contribution is 2.18. The molecule has 0 spiro atoms. The zero-order valence-corrected chi connectivity index (χ0v) is 12.0. The summed E-state index contributed by atoms with van der Waals surface area (Å²) in [6.07, 6.45) is 2.85. The standard InChI is InChI=1S/C16H13ClFNO2/c1-21-15-8-2-11(10-14(15)18)3-9-16(20)19-13-6-4-12(17)5-7-13/h2-10H,1H3,(H,19,20)/b9-3+. The van der Waals surface area contributed by atoms with E-state index >= 15 is 0 Å². The molecule has 5 heteroatoms. The predicted octanol–water partition coefficient (Wildman–Crippen LogP) is 4.14. The molecule has 0 atom stereocenters. The van der Waals surface area contributed by atoms with Crippen LogP contribution < -0.4 is 10.1 Å². The number of carbonyl (C=O) groups excluding carboxylic acids is 1. The topological polar surface area (TPSA) is 38.3 Å². The van der Waals surface area contributed by atoms with Crippen molar-refractivity contribution in [3.05, 3.63) is 64.9 Å². The van der Waals surface area contributed by atoms with Crippen LogP contribution in [0.3, 0.4) is 0 Å². The molecule has 0 aromatic heterocycles. The first-order valence-corrected chi connectivity index (χ1v) is 6.54. The number of benzene rings is 2. The van der Waals surface area contributed by atoms with Crippen molar-refractivity contribution in [3.63, 3.8) is 0 Å². The molecule has 0 saturated carbocycles. The minimum absolute atomic E-state index is 0.165. The maximum Gasteiger partial charge on any atom is 0.248 e. The molecule has 2 aromatic carbocycles. The van der Waals surface area contributed by atoms with Crippen LogP contribution >= 0.6 is 11.6 Å². The van der Waals surface area contributed by atoms with Gasteiger partial charge in [-0.2, -0.15) is 0 Å². The lowest BCUT2D eigenvalue weighted by Crippen LogP contribution is -2.07. The van der Waals surface area contributed by atoms with Crippen molar-refractivity contribution in [3.8, 4) is 5.75 Å². The van der Waals surface area contributed by atoms with Gasteiger partial charge in [-0.15, -0.1) is 0 Å². The Morgan fingerprint density at radius 1 is 1.24 bits per heavy atom. The second-order valence-corrected chi connectivity index (χ2v) is 4.66. The Morgan fingerprint density at radius 3 is 2.57 bits per heavy atom. The van der Waals surface area contributed by atoms with Gasteiger partial charge < -0.3 is 10.1 Å². The summed E-state index contributed by atoms with van der Waals surface area (Å²) in [7, 11) is 1.40. The van der Waals surface area contributed by atoms with E-state index in [-0.39, 0.29) is 11.7 Å². The number of hydrogen-bond acceptors (Lipinski definition) is 2. The maximum atomic E-state index is 13.5. The van der Waals surface area contributed by atoms with E-state index in [1.165, 1.54) is 31.4 Å². The molecule has 0 bridgehead atoms. The highest BCUT2D eigenvalue weighted by molar-refractivity contribution is 6.30. The van der Waals surface area contributed by atoms with Crippen molar-refractivity contribution in [1.82, 2.24) is 0 Å². The average molecular weight is 306 g/mol. The molecule has 0 saturated heterocycles. The molecule has 0 radical (unpaired) electrons. The zero-order chi connectivity index (χ0) is 15.2. The Kier molecular flexibility index (Phi) is 4.95. The van der Waals surface area contributed by atoms with Crippen LogP contribution in [-0.2, 0) is 4.79 Å². The highest BCUT2D eigenvalue weighted by Gasteiger charge is 2.02. The third-order valence-electron chi connectivity index (χ3n) is 2.71. The molecule has 1 N–H and O–H groups in total. The van der Waals surface area contributed by atoms with Crippen LogP contribution in [0.4, 0.5) is 10.1 Å². The molecular formula is C16H13ClFNO2. The average Bonchev–Trinajstić information content (AvgIpc) is 2.48. The Hall–Kier alpha value is -2.33. The molecule has 0 unspecified atom stereocenters. The minimum atomic E-state index is -0.474. The smallest absolute Gasteiger partial charge is 0.248 e. The number of anilines is 1. The van der Waals surface area contributed by atoms with Gasteiger partial charge in [0.15, 0.2) is 11.6 Å². The summed E-state index contributed by atoms with van der Waals surface area (Å²) in [5, 5.41) is 3.27. The van der Waals surface area contributed by atoms with E-state index in [1.807, 2.05) is 0 Å². The molecule has 2 aromatic rings. The van der Waals surface area contributed by atoms with E-state index in [0.717, 1.165) is 0 Å². The van der Waals surface area contributed by atoms with Crippen molar-refractivity contribution in [2.24, 2.45) is 0 Å². The van der Waals surface area contributed by atoms with Crippen molar-refractivity contribution >= 4 is 29.3 Å². The van der Waals surface area contributed by atoms with Crippen LogP contribution in [0.15, 0.2) is 48.5 Å². The molecule has 0 fully saturated rings. The molecular weight excluding hydrogens is 293 g/mol. The third-order valence-corrected chi connectivity index (χ3v) is 2.97. The normalized spacial score (nSPS) is 10.6. The number of ether oxygens (including phenoxy) is 1. The van der Waals surface area contributed by atoms with Gasteiger partial charge in [-0.25, -0.2) is 4.39 Å². The van der Waals surface area contributed by atoms with Gasteiger partial charge in [0.1, 0.15) is 0 Å². The van der Waals surface area contributed by atoms with Gasteiger partial charge in [-0.1, -0.05) is 17.7 Å². The highest BCUT2D eigenvalue weighted by atomic mass is 35.5. The number of hydrogen-bond donors (Lipinski definition) is 1. The largest absolute Gasteiger partial charge is 0.494 e. The number of methoxy groups -OCH3 is 1. The summed E-state index contributed by atoms with van der Waals surface area (Å²) < 4.78 is 18.3. The summed E-state index contributed by atoms with van der Waals surface area (Å²) in [6.45, 7) is 0. The molecule has 0 aliphatic rings. The molecule has 1 amide bonds. The Morgan fingerprint density at radius 2 is 1.95 bits per heavy atom. The number of carbonyl (C=O) groups is 1. The molecule has 0 aliphatic carbocycles. The van der Waals surface area contributed by atoms with E-state index < -0.39 is 5.82 Å². The first kappa shape index (κ1) is 15.1. The van der Waals surface area contributed by atoms with E-state index in [0.29, 0.717) is 16.3 Å². The third kappa shape index (κ3) is 4.33. The summed E-state index contributed by atoms with van der Waals surface area (Å²) in [4.78, 5) is 11.7. The van der Waals surface area contributed by atoms with E-state index in [4.69, 9.17) is 16.3 Å². The first-order valence-electron chi connectivity index (χ1n) is 6.16. The molecule has 0 aliphatic heterocycles. The lowest BCUT2D eigenvalue weighted by molar-refractivity contribution is -0.111. The predicted molar refractivity (Wildman–Crippen MR) is 82.1 cm³/mol. The van der Waals surface area contributed by atoms with Gasteiger partial charge >= 0.3 is 0 Å². The van der Waals surface area contributed by atoms with Crippen molar-refractivity contribution in [2.75, 3.05) is 12.4 Å². The van der Waals surface area contributed by atoms with Crippen molar-refractivity contribution in [2.45, 2.75) is 0 Å². The molecule has 21 heavy (non-hydrogen) atoms. The zero-order valence-electron chi connectivity index (χ0n) is 11.3. The van der Waals surface area contributed by atoms with Crippen LogP contribution in [0, 0.1) is 5.82 Å². The van der Waals surface area contributed by atoms with Crippen LogP contribution in [0.2, 0.25) is 5.02 Å². The Labute approximate surface area is 127 Å². The number of halogens is 2. The first-order chi connectivity index (χ1) is 10.1. The van der Waals surface area contributed by atoms with Gasteiger partial charge in [0, 0.05) is 16.8 Å². The van der Waals surface area contributed by atoms with Crippen molar-refractivity contribution in [1.29, 1.82) is 0 Å². The van der Waals surface area contributed by atoms with Crippen molar-refractivity contribution < 1.29 is 13.9 Å². The lowest BCUT2D eigenvalue weighted by Gasteiger charge is -2.03. The monoisotopic (exact) mass is 305 g/mol. The summed E-state index contributed by atoms with van der Waals surface area (Å²) in [5.41, 5.74) is 1.20. The fourth-order valence-corrected chi connectivity index (χ4v) is 1.80. The SMILES string of the molecule is COc1ccc(/C=C/C(=O)Nc2ccc(Cl)cc2)cc1F. The summed E-state index contributed by atoms with van der Waals surface area (Å²) in [6, 6.07) is 11.2. The molecule has 3 nitrogen and oxygen atoms in total. The van der Waals surface area contributed by atoms with Gasteiger partial charge in [0.2, 0.25) is 5.91 Å². The van der Waals surface area contributed by atoms with Gasteiger partial charge in [-0.3, -0.25) is 4.79 Å². The fraction of sp³-hybridized carbons (Fsp3) is 0.0625. The van der Waals surface area contributed by atoms with Gasteiger partial charge in [-0.05, 0) is 48.0 Å². The lowest BCUT2D eigenvalue weighted by atomic mass is 10.2. The maximum absolute atomic E-state index is 13.5. The van der Waals surface area contributed by atoms with E-state index in [2.05, 4.69) is 5.32 Å². The minimum Gasteiger partial charge on any atom is -0.494 e. The Bertz CT molecular complexity index is 668. The van der Waals surface area contributed by atoms with Gasteiger partial charge in [0.25, 0.3) is 0 Å².